The van der Waals surface area contributed by atoms with Crippen LogP contribution in [0.2, 0.25) is 0 Å². The number of rotatable bonds is 0. The van der Waals surface area contributed by atoms with E-state index in [1.54, 1.807) is 4.68 Å². The first-order valence-corrected chi connectivity index (χ1v) is 3.54. The number of hydrogen-bond donors (Lipinski definition) is 2. The van der Waals surface area contributed by atoms with Gasteiger partial charge in [-0.15, -0.1) is 5.10 Å². The first-order chi connectivity index (χ1) is 5.29. The van der Waals surface area contributed by atoms with Gasteiger partial charge in [-0.2, -0.15) is 0 Å². The third kappa shape index (κ3) is 0.790. The van der Waals surface area contributed by atoms with E-state index in [1.165, 1.54) is 0 Å². The normalized spacial score (nSPS) is 14.3. The smallest absolute Gasteiger partial charge is 0.151 e. The number of nitrogens with one attached hydrogen (secondary N) is 1. The first kappa shape index (κ1) is 6.27. The van der Waals surface area contributed by atoms with Crippen LogP contribution < -0.4 is 11.1 Å². The molecule has 0 radical (unpaired) electrons. The Morgan fingerprint density at radius 2 is 2.55 bits per heavy atom. The Labute approximate surface area is 64.7 Å². The zero-order valence-corrected chi connectivity index (χ0v) is 6.33. The van der Waals surface area contributed by atoms with Crippen LogP contribution >= 0.6 is 0 Å². The molecule has 1 aliphatic heterocycles. The maximum absolute atomic E-state index is 5.61. The van der Waals surface area contributed by atoms with Gasteiger partial charge in [-0.05, 0) is 13.0 Å². The number of aromatic nitrogens is 2. The molecule has 0 unspecified atom stereocenters. The highest BCUT2D eigenvalue weighted by Gasteiger charge is 2.11. The molecule has 2 rings (SSSR count). The second kappa shape index (κ2) is 2.02. The van der Waals surface area contributed by atoms with Crippen LogP contribution in [0.25, 0.3) is 6.20 Å². The zero-order valence-electron chi connectivity index (χ0n) is 6.33. The van der Waals surface area contributed by atoms with Crippen molar-refractivity contribution in [2.45, 2.75) is 6.92 Å². The number of hydrogen-bond acceptors (Lipinski definition) is 3. The summed E-state index contributed by atoms with van der Waals surface area (Å²) in [7, 11) is 0. The molecule has 4 nitrogen and oxygen atoms in total. The van der Waals surface area contributed by atoms with E-state index in [1.807, 2.05) is 19.2 Å². The fourth-order valence-corrected chi connectivity index (χ4v) is 1.16. The molecule has 1 aromatic heterocycles. The Morgan fingerprint density at radius 3 is 3.27 bits per heavy atom. The molecule has 0 aromatic carbocycles. The number of fused-ring (bicyclic) bond motifs is 1. The van der Waals surface area contributed by atoms with Gasteiger partial charge in [0.2, 0.25) is 0 Å². The molecule has 2 heterocycles. The summed E-state index contributed by atoms with van der Waals surface area (Å²) in [6.07, 6.45) is 3.91. The van der Waals surface area contributed by atoms with Crippen LogP contribution in [0.4, 0.5) is 11.6 Å². The van der Waals surface area contributed by atoms with Gasteiger partial charge in [-0.3, -0.25) is 0 Å². The van der Waals surface area contributed by atoms with Gasteiger partial charge in [-0.1, -0.05) is 0 Å². The van der Waals surface area contributed by atoms with Gasteiger partial charge in [0.1, 0.15) is 5.82 Å². The van der Waals surface area contributed by atoms with E-state index in [9.17, 15) is 0 Å². The SMILES string of the molecule is Cc1c(N)nn2c1NCC=C2. The van der Waals surface area contributed by atoms with Gasteiger partial charge in [0.15, 0.2) is 5.82 Å². The molecule has 4 heteroatoms. The van der Waals surface area contributed by atoms with E-state index < -0.39 is 0 Å². The molecule has 58 valence electrons. The Bertz CT molecular complexity index is 310. The summed E-state index contributed by atoms with van der Waals surface area (Å²) >= 11 is 0. The minimum absolute atomic E-state index is 0.596. The Kier molecular flexibility index (Phi) is 1.15. The zero-order chi connectivity index (χ0) is 7.84. The molecule has 1 aromatic rings. The summed E-state index contributed by atoms with van der Waals surface area (Å²) in [6, 6.07) is 0. The summed E-state index contributed by atoms with van der Waals surface area (Å²) in [6.45, 7) is 2.81. The molecular formula is C7H10N4. The lowest BCUT2D eigenvalue weighted by molar-refractivity contribution is 0.921. The van der Waals surface area contributed by atoms with Crippen LogP contribution in [-0.4, -0.2) is 16.3 Å². The fourth-order valence-electron chi connectivity index (χ4n) is 1.16. The van der Waals surface area contributed by atoms with E-state index in [0.717, 1.165) is 17.9 Å². The summed E-state index contributed by atoms with van der Waals surface area (Å²) in [5.41, 5.74) is 6.64. The van der Waals surface area contributed by atoms with Crippen LogP contribution in [0.3, 0.4) is 0 Å². The minimum Gasteiger partial charge on any atom is -0.382 e. The van der Waals surface area contributed by atoms with E-state index >= 15 is 0 Å². The third-order valence-electron chi connectivity index (χ3n) is 1.82. The number of nitrogen functional groups attached to an aromatic ring is 1. The molecule has 0 saturated heterocycles. The maximum Gasteiger partial charge on any atom is 0.151 e. The molecule has 0 fully saturated rings. The van der Waals surface area contributed by atoms with Crippen molar-refractivity contribution >= 4 is 17.8 Å². The molecule has 0 amide bonds. The molecular weight excluding hydrogens is 140 g/mol. The molecule has 11 heavy (non-hydrogen) atoms. The van der Waals surface area contributed by atoms with E-state index in [-0.39, 0.29) is 0 Å². The van der Waals surface area contributed by atoms with Gasteiger partial charge in [0.25, 0.3) is 0 Å². The van der Waals surface area contributed by atoms with Crippen molar-refractivity contribution in [3.63, 3.8) is 0 Å². The number of nitrogens with zero attached hydrogens (tertiary/aromatic N) is 2. The van der Waals surface area contributed by atoms with Crippen molar-refractivity contribution in [1.82, 2.24) is 9.78 Å². The van der Waals surface area contributed by atoms with Crippen molar-refractivity contribution in [2.24, 2.45) is 0 Å². The standard InChI is InChI=1S/C7H10N4/c1-5-6(8)10-11-4-2-3-9-7(5)11/h2,4,9H,3H2,1H3,(H2,8,10). The average molecular weight is 150 g/mol. The van der Waals surface area contributed by atoms with Gasteiger partial charge in [0, 0.05) is 18.3 Å². The topological polar surface area (TPSA) is 55.9 Å². The Hall–Kier alpha value is -1.45. The fraction of sp³-hybridized carbons (Fsp3) is 0.286. The van der Waals surface area contributed by atoms with Gasteiger partial charge < -0.3 is 11.1 Å². The second-order valence-electron chi connectivity index (χ2n) is 2.57. The summed E-state index contributed by atoms with van der Waals surface area (Å²) in [5.74, 6) is 1.60. The molecule has 3 N–H and O–H groups in total. The quantitative estimate of drug-likeness (QED) is 0.571. The third-order valence-corrected chi connectivity index (χ3v) is 1.82. The summed E-state index contributed by atoms with van der Waals surface area (Å²) in [5, 5.41) is 7.28. The Balaban J connectivity index is 2.61. The lowest BCUT2D eigenvalue weighted by atomic mass is 10.3. The lowest BCUT2D eigenvalue weighted by Crippen LogP contribution is -2.09. The molecule has 0 bridgehead atoms. The highest BCUT2D eigenvalue weighted by Crippen LogP contribution is 2.22. The monoisotopic (exact) mass is 150 g/mol. The molecule has 0 aliphatic carbocycles. The van der Waals surface area contributed by atoms with Crippen molar-refractivity contribution < 1.29 is 0 Å². The van der Waals surface area contributed by atoms with Gasteiger partial charge >= 0.3 is 0 Å². The van der Waals surface area contributed by atoms with E-state index in [4.69, 9.17) is 5.73 Å². The van der Waals surface area contributed by atoms with E-state index in [0.29, 0.717) is 5.82 Å². The minimum atomic E-state index is 0.596. The van der Waals surface area contributed by atoms with Gasteiger partial charge in [-0.25, -0.2) is 4.68 Å². The van der Waals surface area contributed by atoms with Crippen molar-refractivity contribution in [2.75, 3.05) is 17.6 Å². The van der Waals surface area contributed by atoms with Crippen LogP contribution in [0.1, 0.15) is 5.56 Å². The van der Waals surface area contributed by atoms with E-state index in [2.05, 4.69) is 10.4 Å². The predicted molar refractivity (Wildman–Crippen MR) is 45.2 cm³/mol. The largest absolute Gasteiger partial charge is 0.382 e. The Morgan fingerprint density at radius 1 is 1.73 bits per heavy atom. The highest BCUT2D eigenvalue weighted by atomic mass is 15.3. The lowest BCUT2D eigenvalue weighted by Gasteiger charge is -2.09. The highest BCUT2D eigenvalue weighted by molar-refractivity contribution is 5.61. The average Bonchev–Trinajstić information content (AvgIpc) is 2.30. The number of nitrogens with two attached hydrogens (primary N) is 1. The molecule has 0 saturated carbocycles. The van der Waals surface area contributed by atoms with Crippen molar-refractivity contribution in [3.8, 4) is 0 Å². The van der Waals surface area contributed by atoms with Gasteiger partial charge in [0.05, 0.1) is 0 Å². The van der Waals surface area contributed by atoms with Crippen LogP contribution in [0.15, 0.2) is 6.08 Å². The van der Waals surface area contributed by atoms with Crippen molar-refractivity contribution in [1.29, 1.82) is 0 Å². The molecule has 1 aliphatic rings. The molecule has 0 spiro atoms. The summed E-state index contributed by atoms with van der Waals surface area (Å²) < 4.78 is 1.76. The second-order valence-corrected chi connectivity index (χ2v) is 2.57. The van der Waals surface area contributed by atoms with Crippen LogP contribution in [0.5, 0.6) is 0 Å². The maximum atomic E-state index is 5.61. The molecule has 0 atom stereocenters. The summed E-state index contributed by atoms with van der Waals surface area (Å²) in [4.78, 5) is 0. The van der Waals surface area contributed by atoms with Crippen molar-refractivity contribution in [3.05, 3.63) is 11.6 Å². The predicted octanol–water partition coefficient (Wildman–Crippen LogP) is 0.670. The van der Waals surface area contributed by atoms with Crippen LogP contribution in [0, 0.1) is 6.92 Å². The first-order valence-electron chi connectivity index (χ1n) is 3.54. The number of anilines is 2. The van der Waals surface area contributed by atoms with Crippen LogP contribution in [-0.2, 0) is 0 Å².